The van der Waals surface area contributed by atoms with Crippen molar-refractivity contribution in [1.82, 2.24) is 4.90 Å². The average molecular weight is 287 g/mol. The molecule has 1 saturated heterocycles. The van der Waals surface area contributed by atoms with Gasteiger partial charge in [-0.05, 0) is 13.8 Å². The molecule has 0 aliphatic carbocycles. The molecule has 0 radical (unpaired) electrons. The van der Waals surface area contributed by atoms with E-state index in [4.69, 9.17) is 9.47 Å². The van der Waals surface area contributed by atoms with Gasteiger partial charge in [-0.1, -0.05) is 20.8 Å². The lowest BCUT2D eigenvalue weighted by molar-refractivity contribution is -0.304. The number of amides is 1. The first kappa shape index (κ1) is 17.4. The quantitative estimate of drug-likeness (QED) is 0.851. The van der Waals surface area contributed by atoms with Gasteiger partial charge in [0.2, 0.25) is 5.91 Å². The molecule has 1 heterocycles. The first-order valence-corrected chi connectivity index (χ1v) is 7.28. The van der Waals surface area contributed by atoms with Gasteiger partial charge in [-0.3, -0.25) is 4.79 Å². The fraction of sp³-hybridized carbons (Fsp3) is 0.933. The highest BCUT2D eigenvalue weighted by Crippen LogP contribution is 2.33. The number of carbonyl (C=O) groups excluding carboxylic acids is 1. The van der Waals surface area contributed by atoms with E-state index in [9.17, 15) is 9.90 Å². The summed E-state index contributed by atoms with van der Waals surface area (Å²) < 4.78 is 11.6. The van der Waals surface area contributed by atoms with Gasteiger partial charge in [0, 0.05) is 25.9 Å². The largest absolute Gasteiger partial charge is 0.392 e. The second-order valence-electron chi connectivity index (χ2n) is 6.64. The molecule has 118 valence electrons. The van der Waals surface area contributed by atoms with Crippen LogP contribution >= 0.6 is 0 Å². The van der Waals surface area contributed by atoms with Crippen LogP contribution in [0.1, 0.15) is 34.6 Å². The van der Waals surface area contributed by atoms with Crippen molar-refractivity contribution in [2.75, 3.05) is 20.7 Å². The van der Waals surface area contributed by atoms with Crippen molar-refractivity contribution in [2.24, 2.45) is 17.8 Å². The number of ether oxygens (including phenoxy) is 2. The van der Waals surface area contributed by atoms with Crippen LogP contribution in [-0.4, -0.2) is 54.6 Å². The summed E-state index contributed by atoms with van der Waals surface area (Å²) in [7, 11) is 3.40. The van der Waals surface area contributed by atoms with Crippen molar-refractivity contribution in [2.45, 2.75) is 52.6 Å². The van der Waals surface area contributed by atoms with Crippen molar-refractivity contribution in [3.8, 4) is 0 Å². The molecular weight excluding hydrogens is 258 g/mol. The zero-order chi connectivity index (χ0) is 15.7. The van der Waals surface area contributed by atoms with Gasteiger partial charge in [-0.15, -0.1) is 0 Å². The second kappa shape index (κ2) is 6.41. The molecule has 1 aliphatic rings. The zero-order valence-corrected chi connectivity index (χ0v) is 13.7. The monoisotopic (exact) mass is 287 g/mol. The van der Waals surface area contributed by atoms with Gasteiger partial charge < -0.3 is 19.5 Å². The molecule has 0 unspecified atom stereocenters. The molecule has 1 rings (SSSR count). The Morgan fingerprint density at radius 2 is 1.90 bits per heavy atom. The highest BCUT2D eigenvalue weighted by molar-refractivity contribution is 5.78. The highest BCUT2D eigenvalue weighted by atomic mass is 16.7. The van der Waals surface area contributed by atoms with Crippen molar-refractivity contribution in [3.63, 3.8) is 0 Å². The molecule has 0 saturated carbocycles. The maximum absolute atomic E-state index is 12.0. The minimum absolute atomic E-state index is 0.0664. The summed E-state index contributed by atoms with van der Waals surface area (Å²) in [5, 5.41) is 10.5. The summed E-state index contributed by atoms with van der Waals surface area (Å²) in [5.41, 5.74) is 0. The molecule has 0 aromatic heterocycles. The van der Waals surface area contributed by atoms with Crippen LogP contribution in [0.25, 0.3) is 0 Å². The lowest BCUT2D eigenvalue weighted by atomic mass is 9.83. The van der Waals surface area contributed by atoms with E-state index in [1.807, 2.05) is 27.7 Å². The maximum atomic E-state index is 12.0. The standard InChI is InChI=1S/C15H29NO4/c1-9-8-19-15(4,5)20-13(9)10(2)12(17)11(3)14(18)16(6)7/h9-13,17H,8H2,1-7H3/t9-,10-,11-,12-,13-/m1/s1. The van der Waals surface area contributed by atoms with E-state index >= 15 is 0 Å². The minimum Gasteiger partial charge on any atom is -0.392 e. The van der Waals surface area contributed by atoms with Crippen LogP contribution < -0.4 is 0 Å². The van der Waals surface area contributed by atoms with E-state index in [-0.39, 0.29) is 23.8 Å². The van der Waals surface area contributed by atoms with Gasteiger partial charge >= 0.3 is 0 Å². The Kier molecular flexibility index (Phi) is 5.58. The van der Waals surface area contributed by atoms with Crippen LogP contribution in [0.3, 0.4) is 0 Å². The summed E-state index contributed by atoms with van der Waals surface area (Å²) in [6, 6.07) is 0. The van der Waals surface area contributed by atoms with Crippen LogP contribution in [0.15, 0.2) is 0 Å². The first-order chi connectivity index (χ1) is 9.07. The normalized spacial score (nSPS) is 30.4. The Hall–Kier alpha value is -0.650. The summed E-state index contributed by atoms with van der Waals surface area (Å²) in [6.07, 6.45) is -0.850. The topological polar surface area (TPSA) is 59.0 Å². The van der Waals surface area contributed by atoms with Crippen molar-refractivity contribution < 1.29 is 19.4 Å². The number of aliphatic hydroxyl groups excluding tert-OH is 1. The van der Waals surface area contributed by atoms with Crippen molar-refractivity contribution in [3.05, 3.63) is 0 Å². The summed E-state index contributed by atoms with van der Waals surface area (Å²) >= 11 is 0. The lowest BCUT2D eigenvalue weighted by Crippen LogP contribution is -2.51. The maximum Gasteiger partial charge on any atom is 0.227 e. The van der Waals surface area contributed by atoms with Gasteiger partial charge in [0.1, 0.15) is 0 Å². The molecule has 1 amide bonds. The van der Waals surface area contributed by atoms with E-state index in [1.54, 1.807) is 21.0 Å². The molecule has 1 aliphatic heterocycles. The molecule has 0 spiro atoms. The second-order valence-corrected chi connectivity index (χ2v) is 6.64. The molecule has 1 N–H and O–H groups in total. The number of nitrogens with zero attached hydrogens (tertiary/aromatic N) is 1. The molecule has 0 aromatic carbocycles. The van der Waals surface area contributed by atoms with Gasteiger partial charge in [0.15, 0.2) is 5.79 Å². The van der Waals surface area contributed by atoms with Crippen LogP contribution in [0.2, 0.25) is 0 Å². The van der Waals surface area contributed by atoms with Crippen LogP contribution in [0, 0.1) is 17.8 Å². The predicted molar refractivity (Wildman–Crippen MR) is 77.1 cm³/mol. The molecular formula is C15H29NO4. The van der Waals surface area contributed by atoms with Crippen molar-refractivity contribution in [1.29, 1.82) is 0 Å². The Labute approximate surface area is 122 Å². The fourth-order valence-corrected chi connectivity index (χ4v) is 2.73. The van der Waals surface area contributed by atoms with Gasteiger partial charge in [-0.25, -0.2) is 0 Å². The Balaban J connectivity index is 2.77. The highest BCUT2D eigenvalue weighted by Gasteiger charge is 2.41. The van der Waals surface area contributed by atoms with E-state index in [0.717, 1.165) is 0 Å². The van der Waals surface area contributed by atoms with E-state index < -0.39 is 17.8 Å². The molecule has 0 bridgehead atoms. The summed E-state index contributed by atoms with van der Waals surface area (Å²) in [5.74, 6) is -1.09. The molecule has 1 fully saturated rings. The molecule has 20 heavy (non-hydrogen) atoms. The van der Waals surface area contributed by atoms with Crippen molar-refractivity contribution >= 4 is 5.91 Å². The van der Waals surface area contributed by atoms with Crippen LogP contribution in [-0.2, 0) is 14.3 Å². The third-order valence-electron chi connectivity index (χ3n) is 4.07. The average Bonchev–Trinajstić information content (AvgIpc) is 2.38. The van der Waals surface area contributed by atoms with E-state index in [1.165, 1.54) is 4.90 Å². The van der Waals surface area contributed by atoms with Gasteiger partial charge in [0.25, 0.3) is 0 Å². The minimum atomic E-state index is -0.730. The third kappa shape index (κ3) is 3.93. The zero-order valence-electron chi connectivity index (χ0n) is 13.7. The number of hydrogen-bond donors (Lipinski definition) is 1. The van der Waals surface area contributed by atoms with Gasteiger partial charge in [-0.2, -0.15) is 0 Å². The fourth-order valence-electron chi connectivity index (χ4n) is 2.73. The van der Waals surface area contributed by atoms with E-state index in [2.05, 4.69) is 0 Å². The summed E-state index contributed by atoms with van der Waals surface area (Å²) in [4.78, 5) is 13.5. The number of rotatable bonds is 4. The smallest absolute Gasteiger partial charge is 0.227 e. The third-order valence-corrected chi connectivity index (χ3v) is 4.07. The number of aliphatic hydroxyl groups is 1. The van der Waals surface area contributed by atoms with E-state index in [0.29, 0.717) is 6.61 Å². The Morgan fingerprint density at radius 3 is 2.40 bits per heavy atom. The van der Waals surface area contributed by atoms with Gasteiger partial charge in [0.05, 0.1) is 24.7 Å². The lowest BCUT2D eigenvalue weighted by Gasteiger charge is -2.44. The van der Waals surface area contributed by atoms with Crippen LogP contribution in [0.5, 0.6) is 0 Å². The number of hydrogen-bond acceptors (Lipinski definition) is 4. The molecule has 0 aromatic rings. The summed E-state index contributed by atoms with van der Waals surface area (Å²) in [6.45, 7) is 10.1. The SMILES string of the molecule is C[C@H]([C@@H](O)[C@@H](C)C(=O)N(C)C)[C@@H]1OC(C)(C)OC[C@H]1C. The Morgan fingerprint density at radius 1 is 1.35 bits per heavy atom. The Bertz CT molecular complexity index is 343. The first-order valence-electron chi connectivity index (χ1n) is 7.28. The number of carbonyl (C=O) groups is 1. The predicted octanol–water partition coefficient (Wildman–Crippen LogP) is 1.50. The molecule has 5 heteroatoms. The van der Waals surface area contributed by atoms with Crippen LogP contribution in [0.4, 0.5) is 0 Å². The molecule has 5 nitrogen and oxygen atoms in total. The molecule has 5 atom stereocenters.